The average molecular weight is 448 g/mol. The number of benzene rings is 1. The minimum atomic E-state index is 0.250. The standard InChI is InChI=1S/C24H25N3O.C2H6O.C2H6/c1-18-4-3-5-24(7-6-18)28-17-23-10-19(2)27(16-23)9-8-20-11-21(14-25)13-22(12-20)15-26;1-2-3;1-2/h4-7,11-13,19,23H,8-10,16-17H2,1-2H3;3H,2H2,1H3;1-2H3/t19-,23+;;/m1../s1. The van der Waals surface area contributed by atoms with Gasteiger partial charge < -0.3 is 9.84 Å². The molecule has 1 fully saturated rings. The predicted molar refractivity (Wildman–Crippen MR) is 133 cm³/mol. The molecule has 1 aliphatic carbocycles. The quantitative estimate of drug-likeness (QED) is 0.600. The number of aliphatic hydroxyl groups excluding tert-OH is 1. The zero-order valence-corrected chi connectivity index (χ0v) is 20.6. The van der Waals surface area contributed by atoms with E-state index in [1.165, 1.54) is 0 Å². The maximum absolute atomic E-state index is 9.14. The molecule has 0 radical (unpaired) electrons. The second kappa shape index (κ2) is 15.7. The lowest BCUT2D eigenvalue weighted by molar-refractivity contribution is 0.174. The van der Waals surface area contributed by atoms with Crippen LogP contribution in [0.2, 0.25) is 0 Å². The summed E-state index contributed by atoms with van der Waals surface area (Å²) in [7, 11) is 0. The Morgan fingerprint density at radius 3 is 2.36 bits per heavy atom. The number of hydrogen-bond acceptors (Lipinski definition) is 5. The topological polar surface area (TPSA) is 80.3 Å². The molecule has 0 amide bonds. The van der Waals surface area contributed by atoms with E-state index in [2.05, 4.69) is 29.7 Å². The third-order valence-corrected chi connectivity index (χ3v) is 5.26. The van der Waals surface area contributed by atoms with Crippen molar-refractivity contribution in [2.75, 3.05) is 26.3 Å². The van der Waals surface area contributed by atoms with Crippen LogP contribution in [0.15, 0.2) is 59.6 Å². The third-order valence-electron chi connectivity index (χ3n) is 5.26. The van der Waals surface area contributed by atoms with Crippen LogP contribution in [0.1, 0.15) is 57.7 Å². The molecule has 1 heterocycles. The van der Waals surface area contributed by atoms with Crippen LogP contribution >= 0.6 is 0 Å². The molecule has 1 N–H and O–H groups in total. The lowest BCUT2D eigenvalue weighted by Gasteiger charge is -2.21. The first kappa shape index (κ1) is 28.0. The van der Waals surface area contributed by atoms with Gasteiger partial charge in [0.1, 0.15) is 5.76 Å². The Kier molecular flexibility index (Phi) is 13.3. The molecule has 1 aliphatic heterocycles. The second-order valence-corrected chi connectivity index (χ2v) is 7.90. The maximum atomic E-state index is 9.14. The number of allylic oxidation sites excluding steroid dienone is 4. The lowest BCUT2D eigenvalue weighted by Crippen LogP contribution is -2.29. The van der Waals surface area contributed by atoms with Gasteiger partial charge in [0, 0.05) is 37.7 Å². The minimum absolute atomic E-state index is 0.250. The van der Waals surface area contributed by atoms with Crippen molar-refractivity contribution < 1.29 is 9.84 Å². The summed E-state index contributed by atoms with van der Waals surface area (Å²) in [6.45, 7) is 12.9. The van der Waals surface area contributed by atoms with Crippen molar-refractivity contribution in [1.82, 2.24) is 4.90 Å². The molecule has 1 aromatic rings. The molecule has 5 nitrogen and oxygen atoms in total. The number of aliphatic hydroxyl groups is 1. The van der Waals surface area contributed by atoms with Gasteiger partial charge in [0.05, 0.1) is 29.9 Å². The van der Waals surface area contributed by atoms with Gasteiger partial charge in [0.15, 0.2) is 0 Å². The summed E-state index contributed by atoms with van der Waals surface area (Å²) in [6, 6.07) is 10.2. The van der Waals surface area contributed by atoms with Gasteiger partial charge in [-0.3, -0.25) is 4.90 Å². The third kappa shape index (κ3) is 9.94. The fourth-order valence-electron chi connectivity index (χ4n) is 3.76. The smallest absolute Gasteiger partial charge is 0.126 e. The zero-order valence-electron chi connectivity index (χ0n) is 20.6. The Hall–Kier alpha value is -3.08. The Morgan fingerprint density at radius 2 is 1.76 bits per heavy atom. The van der Waals surface area contributed by atoms with Crippen LogP contribution < -0.4 is 0 Å². The van der Waals surface area contributed by atoms with Crippen LogP contribution in [-0.4, -0.2) is 42.4 Å². The van der Waals surface area contributed by atoms with Crippen molar-refractivity contribution in [3.8, 4) is 12.1 Å². The SMILES string of the molecule is CC.CC1=CC=C(OC[C@H]2C[C@@H](C)N(CCc3cc(C#N)cc(C#N)c3)C2)C=C=C1.CCO. The number of likely N-dealkylation sites (tertiary alicyclic amines) is 1. The molecule has 2 atom stereocenters. The highest BCUT2D eigenvalue weighted by molar-refractivity contribution is 5.42. The highest BCUT2D eigenvalue weighted by Crippen LogP contribution is 2.24. The van der Waals surface area contributed by atoms with Crippen LogP contribution in [-0.2, 0) is 11.2 Å². The van der Waals surface area contributed by atoms with E-state index < -0.39 is 0 Å². The zero-order chi connectivity index (χ0) is 24.6. The van der Waals surface area contributed by atoms with E-state index in [0.717, 1.165) is 42.8 Å². The van der Waals surface area contributed by atoms with Crippen molar-refractivity contribution >= 4 is 0 Å². The van der Waals surface area contributed by atoms with Gasteiger partial charge in [-0.25, -0.2) is 0 Å². The Bertz CT molecular complexity index is 924. The lowest BCUT2D eigenvalue weighted by atomic mass is 10.0. The first-order valence-electron chi connectivity index (χ1n) is 11.7. The fourth-order valence-corrected chi connectivity index (χ4v) is 3.76. The first-order chi connectivity index (χ1) is 16.0. The molecule has 33 heavy (non-hydrogen) atoms. The summed E-state index contributed by atoms with van der Waals surface area (Å²) in [5.74, 6) is 1.36. The summed E-state index contributed by atoms with van der Waals surface area (Å²) in [5.41, 5.74) is 6.45. The van der Waals surface area contributed by atoms with Crippen molar-refractivity contribution in [1.29, 1.82) is 10.5 Å². The molecule has 1 aromatic carbocycles. The fraction of sp³-hybridized carbons (Fsp3) is 0.464. The van der Waals surface area contributed by atoms with Crippen molar-refractivity contribution in [3.63, 3.8) is 0 Å². The summed E-state index contributed by atoms with van der Waals surface area (Å²) in [6.07, 6.45) is 9.83. The molecule has 1 saturated heterocycles. The van der Waals surface area contributed by atoms with E-state index in [0.29, 0.717) is 29.7 Å². The summed E-state index contributed by atoms with van der Waals surface area (Å²) >= 11 is 0. The van der Waals surface area contributed by atoms with E-state index in [-0.39, 0.29) is 6.61 Å². The molecular formula is C28H37N3O2. The van der Waals surface area contributed by atoms with Gasteiger partial charge in [0.25, 0.3) is 0 Å². The van der Waals surface area contributed by atoms with Crippen LogP contribution in [0.5, 0.6) is 0 Å². The van der Waals surface area contributed by atoms with Crippen LogP contribution in [0.4, 0.5) is 0 Å². The van der Waals surface area contributed by atoms with Gasteiger partial charge in [-0.15, -0.1) is 5.73 Å². The summed E-state index contributed by atoms with van der Waals surface area (Å²) in [5, 5.41) is 25.8. The molecule has 0 unspecified atom stereocenters. The normalized spacial score (nSPS) is 18.9. The van der Waals surface area contributed by atoms with Gasteiger partial charge in [-0.2, -0.15) is 10.5 Å². The molecule has 0 spiro atoms. The molecule has 3 rings (SSSR count). The van der Waals surface area contributed by atoms with Gasteiger partial charge >= 0.3 is 0 Å². The Morgan fingerprint density at radius 1 is 1.12 bits per heavy atom. The van der Waals surface area contributed by atoms with E-state index in [9.17, 15) is 0 Å². The van der Waals surface area contributed by atoms with Crippen LogP contribution in [0, 0.1) is 28.6 Å². The number of nitrogens with zero attached hydrogens (tertiary/aromatic N) is 3. The Balaban J connectivity index is 0.00000101. The number of ether oxygens (including phenoxy) is 1. The van der Waals surface area contributed by atoms with Crippen LogP contribution in [0.3, 0.4) is 0 Å². The van der Waals surface area contributed by atoms with Gasteiger partial charge in [0.2, 0.25) is 0 Å². The highest BCUT2D eigenvalue weighted by atomic mass is 16.5. The minimum Gasteiger partial charge on any atom is -0.493 e. The molecule has 2 aliphatic rings. The number of hydrogen-bond donors (Lipinski definition) is 1. The predicted octanol–water partition coefficient (Wildman–Crippen LogP) is 5.28. The number of nitriles is 2. The monoisotopic (exact) mass is 447 g/mol. The molecule has 0 bridgehead atoms. The molecule has 0 aromatic heterocycles. The van der Waals surface area contributed by atoms with E-state index in [1.54, 1.807) is 13.0 Å². The maximum Gasteiger partial charge on any atom is 0.126 e. The molecule has 176 valence electrons. The Labute approximate surface area is 199 Å². The van der Waals surface area contributed by atoms with Crippen molar-refractivity contribution in [2.45, 2.75) is 53.5 Å². The van der Waals surface area contributed by atoms with Gasteiger partial charge in [-0.1, -0.05) is 19.9 Å². The van der Waals surface area contributed by atoms with Crippen molar-refractivity contribution in [2.24, 2.45) is 5.92 Å². The molecular weight excluding hydrogens is 410 g/mol. The van der Waals surface area contributed by atoms with Gasteiger partial charge in [-0.05, 0) is 75.1 Å². The van der Waals surface area contributed by atoms with E-state index in [4.69, 9.17) is 20.4 Å². The van der Waals surface area contributed by atoms with Crippen LogP contribution in [0.25, 0.3) is 0 Å². The highest BCUT2D eigenvalue weighted by Gasteiger charge is 2.29. The molecule has 5 heteroatoms. The van der Waals surface area contributed by atoms with E-state index in [1.807, 2.05) is 57.2 Å². The second-order valence-electron chi connectivity index (χ2n) is 7.90. The largest absolute Gasteiger partial charge is 0.493 e. The van der Waals surface area contributed by atoms with E-state index >= 15 is 0 Å². The summed E-state index contributed by atoms with van der Waals surface area (Å²) in [4.78, 5) is 2.47. The average Bonchev–Trinajstić information content (AvgIpc) is 3.05. The number of rotatable bonds is 6. The summed E-state index contributed by atoms with van der Waals surface area (Å²) < 4.78 is 5.99. The first-order valence-corrected chi connectivity index (χ1v) is 11.7. The van der Waals surface area contributed by atoms with Crippen molar-refractivity contribution in [3.05, 3.63) is 76.3 Å². The molecule has 0 saturated carbocycles.